The van der Waals surface area contributed by atoms with Crippen LogP contribution in [0.2, 0.25) is 0 Å². The Morgan fingerprint density at radius 3 is 2.07 bits per heavy atom. The third-order valence-electron chi connectivity index (χ3n) is 9.56. The summed E-state index contributed by atoms with van der Waals surface area (Å²) >= 11 is 0. The largest absolute Gasteiger partial charge is 0.457 e. The molecule has 0 amide bonds. The quantitative estimate of drug-likeness (QED) is 0.359. The van der Waals surface area contributed by atoms with Gasteiger partial charge in [-0.25, -0.2) is 14.6 Å². The first-order valence-electron chi connectivity index (χ1n) is 14.9. The number of aromatic nitrogens is 4. The first kappa shape index (κ1) is 25.2. The number of fused-ring (bicyclic) bond motifs is 1. The van der Waals surface area contributed by atoms with Gasteiger partial charge >= 0.3 is 0 Å². The maximum Gasteiger partial charge on any atom is 0.164 e. The van der Waals surface area contributed by atoms with E-state index in [9.17, 15) is 0 Å². The van der Waals surface area contributed by atoms with Gasteiger partial charge in [0, 0.05) is 76.0 Å². The molecule has 0 atom stereocenters. The Labute approximate surface area is 240 Å². The molecule has 2 aromatic heterocycles. The predicted molar refractivity (Wildman–Crippen MR) is 159 cm³/mol. The number of likely N-dealkylation sites (tertiary alicyclic amines) is 3. The van der Waals surface area contributed by atoms with E-state index >= 15 is 0 Å². The molecule has 0 spiro atoms. The molecule has 0 unspecified atom stereocenters. The van der Waals surface area contributed by atoms with Gasteiger partial charge in [0.25, 0.3) is 0 Å². The lowest BCUT2D eigenvalue weighted by Gasteiger charge is -2.57. The fourth-order valence-electron chi connectivity index (χ4n) is 6.82. The molecule has 0 bridgehead atoms. The second kappa shape index (κ2) is 10.4. The standard InChI is InChI=1S/C31H37N9O/c32-30-28-29(21-6-8-27(9-7-21)41-26-4-2-1-3-5-26)36-40(31(28)35-20-34-30)22-10-12-37(13-11-22)24-16-39(17-24)25-18-38(19-25)23-14-33-15-23/h1-9,20,22-25,33H,10-19H2,(H2,32,34,35). The first-order chi connectivity index (χ1) is 20.2. The lowest BCUT2D eigenvalue weighted by molar-refractivity contribution is -0.0738. The Morgan fingerprint density at radius 1 is 0.732 bits per heavy atom. The maximum atomic E-state index is 6.40. The molecule has 4 saturated heterocycles. The molecule has 8 rings (SSSR count). The van der Waals surface area contributed by atoms with Gasteiger partial charge in [-0.1, -0.05) is 18.2 Å². The summed E-state index contributed by atoms with van der Waals surface area (Å²) in [7, 11) is 0. The van der Waals surface area contributed by atoms with Crippen molar-refractivity contribution < 1.29 is 4.74 Å². The number of nitrogens with two attached hydrogens (primary N) is 1. The smallest absolute Gasteiger partial charge is 0.164 e. The van der Waals surface area contributed by atoms with Crippen molar-refractivity contribution in [3.8, 4) is 22.8 Å². The number of nitrogen functional groups attached to an aromatic ring is 1. The summed E-state index contributed by atoms with van der Waals surface area (Å²) in [4.78, 5) is 17.0. The number of hydrogen-bond donors (Lipinski definition) is 2. The van der Waals surface area contributed by atoms with E-state index in [-0.39, 0.29) is 0 Å². The molecule has 6 heterocycles. The zero-order chi connectivity index (χ0) is 27.3. The molecular weight excluding hydrogens is 514 g/mol. The van der Waals surface area contributed by atoms with Crippen LogP contribution in [0.5, 0.6) is 11.5 Å². The molecule has 4 aromatic rings. The molecule has 10 heteroatoms. The van der Waals surface area contributed by atoms with Crippen molar-refractivity contribution in [3.63, 3.8) is 0 Å². The molecule has 10 nitrogen and oxygen atoms in total. The SMILES string of the molecule is Nc1ncnc2c1c(-c1ccc(Oc3ccccc3)cc1)nn2C1CCN(C2CN(C3CN(C4CNC4)C3)C2)CC1. The van der Waals surface area contributed by atoms with E-state index in [1.54, 1.807) is 6.33 Å². The molecular formula is C31H37N9O. The van der Waals surface area contributed by atoms with Gasteiger partial charge in [-0.2, -0.15) is 5.10 Å². The van der Waals surface area contributed by atoms with Gasteiger partial charge in [-0.3, -0.25) is 14.7 Å². The molecule has 2 aromatic carbocycles. The van der Waals surface area contributed by atoms with Crippen LogP contribution in [-0.2, 0) is 0 Å². The van der Waals surface area contributed by atoms with E-state index in [1.165, 1.54) is 39.3 Å². The van der Waals surface area contributed by atoms with Crippen LogP contribution in [0.4, 0.5) is 5.82 Å². The Kier molecular flexibility index (Phi) is 6.36. The van der Waals surface area contributed by atoms with Crippen LogP contribution in [0.3, 0.4) is 0 Å². The fourth-order valence-corrected chi connectivity index (χ4v) is 6.82. The van der Waals surface area contributed by atoms with Crippen LogP contribution < -0.4 is 15.8 Å². The highest BCUT2D eigenvalue weighted by molar-refractivity contribution is 5.98. The van der Waals surface area contributed by atoms with E-state index in [4.69, 9.17) is 15.6 Å². The van der Waals surface area contributed by atoms with Crippen molar-refractivity contribution in [3.05, 3.63) is 60.9 Å². The predicted octanol–water partition coefficient (Wildman–Crippen LogP) is 2.84. The van der Waals surface area contributed by atoms with Crippen LogP contribution in [0.25, 0.3) is 22.3 Å². The summed E-state index contributed by atoms with van der Waals surface area (Å²) in [6, 6.07) is 20.4. The molecule has 212 valence electrons. The van der Waals surface area contributed by atoms with Crippen LogP contribution in [0, 0.1) is 0 Å². The summed E-state index contributed by atoms with van der Waals surface area (Å²) in [5.41, 5.74) is 9.02. The summed E-state index contributed by atoms with van der Waals surface area (Å²) in [5.74, 6) is 2.06. The minimum absolute atomic E-state index is 0.296. The topological polar surface area (TPSA) is 101 Å². The van der Waals surface area contributed by atoms with Gasteiger partial charge in [0.2, 0.25) is 0 Å². The summed E-state index contributed by atoms with van der Waals surface area (Å²) in [6.45, 7) is 9.47. The van der Waals surface area contributed by atoms with Gasteiger partial charge in [0.05, 0.1) is 11.4 Å². The lowest BCUT2D eigenvalue weighted by atomic mass is 9.94. The number of benzene rings is 2. The van der Waals surface area contributed by atoms with Crippen molar-refractivity contribution in [2.75, 3.05) is 58.1 Å². The van der Waals surface area contributed by atoms with Crippen molar-refractivity contribution in [1.82, 2.24) is 39.8 Å². The second-order valence-electron chi connectivity index (χ2n) is 12.0. The lowest BCUT2D eigenvalue weighted by Crippen LogP contribution is -2.73. The van der Waals surface area contributed by atoms with Gasteiger partial charge in [0.1, 0.15) is 29.3 Å². The highest BCUT2D eigenvalue weighted by Gasteiger charge is 2.44. The molecule has 0 radical (unpaired) electrons. The molecule has 41 heavy (non-hydrogen) atoms. The number of piperidine rings is 1. The summed E-state index contributed by atoms with van der Waals surface area (Å²) in [5, 5.41) is 9.33. The third kappa shape index (κ3) is 4.64. The number of ether oxygens (including phenoxy) is 1. The second-order valence-corrected chi connectivity index (χ2v) is 12.0. The summed E-state index contributed by atoms with van der Waals surface area (Å²) < 4.78 is 8.10. The van der Waals surface area contributed by atoms with Crippen LogP contribution in [0.1, 0.15) is 18.9 Å². The Morgan fingerprint density at radius 2 is 1.39 bits per heavy atom. The molecule has 0 aliphatic carbocycles. The Bertz CT molecular complexity index is 1500. The van der Waals surface area contributed by atoms with Crippen molar-refractivity contribution in [2.24, 2.45) is 0 Å². The number of hydrogen-bond acceptors (Lipinski definition) is 9. The minimum atomic E-state index is 0.296. The van der Waals surface area contributed by atoms with Crippen LogP contribution in [0.15, 0.2) is 60.9 Å². The zero-order valence-corrected chi connectivity index (χ0v) is 23.3. The zero-order valence-electron chi connectivity index (χ0n) is 23.3. The molecule has 4 aliphatic heterocycles. The third-order valence-corrected chi connectivity index (χ3v) is 9.56. The van der Waals surface area contributed by atoms with Crippen molar-refractivity contribution in [1.29, 1.82) is 0 Å². The van der Waals surface area contributed by atoms with Gasteiger partial charge in [-0.05, 0) is 49.2 Å². The number of rotatable bonds is 7. The number of anilines is 1. The molecule has 4 aliphatic rings. The van der Waals surface area contributed by atoms with E-state index in [0.717, 1.165) is 71.8 Å². The average molecular weight is 552 g/mol. The Hall–Kier alpha value is -3.57. The van der Waals surface area contributed by atoms with E-state index in [1.807, 2.05) is 54.6 Å². The minimum Gasteiger partial charge on any atom is -0.457 e. The highest BCUT2D eigenvalue weighted by Crippen LogP contribution is 2.36. The van der Waals surface area contributed by atoms with Gasteiger partial charge in [0.15, 0.2) is 5.65 Å². The van der Waals surface area contributed by atoms with Gasteiger partial charge in [-0.15, -0.1) is 0 Å². The average Bonchev–Trinajstić information content (AvgIpc) is 3.32. The van der Waals surface area contributed by atoms with Crippen molar-refractivity contribution >= 4 is 16.9 Å². The normalized spacial score (nSPS) is 22.0. The summed E-state index contributed by atoms with van der Waals surface area (Å²) in [6.07, 6.45) is 3.68. The van der Waals surface area contributed by atoms with E-state index in [2.05, 4.69) is 34.7 Å². The number of nitrogens with zero attached hydrogens (tertiary/aromatic N) is 7. The number of para-hydroxylation sites is 1. The fraction of sp³-hybridized carbons (Fsp3) is 0.452. The molecule has 4 fully saturated rings. The monoisotopic (exact) mass is 551 g/mol. The van der Waals surface area contributed by atoms with E-state index < -0.39 is 0 Å². The molecule has 0 saturated carbocycles. The number of nitrogens with one attached hydrogen (secondary N) is 1. The van der Waals surface area contributed by atoms with Gasteiger partial charge < -0.3 is 15.8 Å². The highest BCUT2D eigenvalue weighted by atomic mass is 16.5. The molecule has 3 N–H and O–H groups in total. The van der Waals surface area contributed by atoms with Crippen LogP contribution in [-0.4, -0.2) is 105 Å². The Balaban J connectivity index is 0.931. The van der Waals surface area contributed by atoms with Crippen molar-refractivity contribution in [2.45, 2.75) is 37.0 Å². The first-order valence-corrected chi connectivity index (χ1v) is 14.9. The van der Waals surface area contributed by atoms with E-state index in [0.29, 0.717) is 17.9 Å². The maximum absolute atomic E-state index is 6.40. The van der Waals surface area contributed by atoms with Crippen LogP contribution >= 0.6 is 0 Å².